The lowest BCUT2D eigenvalue weighted by atomic mass is 10.1. The molecule has 1 N–H and O–H groups in total. The number of carbonyl (C=O) groups is 1. The van der Waals surface area contributed by atoms with Gasteiger partial charge in [-0.2, -0.15) is 0 Å². The molecule has 0 saturated carbocycles. The minimum absolute atomic E-state index is 0.176. The fourth-order valence-electron chi connectivity index (χ4n) is 2.99. The van der Waals surface area contributed by atoms with Gasteiger partial charge in [-0.3, -0.25) is 4.90 Å². The van der Waals surface area contributed by atoms with Crippen LogP contribution in [0.4, 0.5) is 4.79 Å². The third-order valence-corrected chi connectivity index (χ3v) is 4.41. The highest BCUT2D eigenvalue weighted by Crippen LogP contribution is 2.28. The first-order valence-electron chi connectivity index (χ1n) is 9.30. The van der Waals surface area contributed by atoms with Gasteiger partial charge in [0.05, 0.1) is 13.7 Å². The van der Waals surface area contributed by atoms with E-state index in [1.54, 1.807) is 18.9 Å². The second kappa shape index (κ2) is 10.8. The molecule has 1 amide bonds. The van der Waals surface area contributed by atoms with Gasteiger partial charge < -0.3 is 24.2 Å². The summed E-state index contributed by atoms with van der Waals surface area (Å²) in [4.78, 5) is 15.5. The van der Waals surface area contributed by atoms with Crippen molar-refractivity contribution >= 4 is 6.09 Å². The third-order valence-electron chi connectivity index (χ3n) is 4.41. The number of aliphatic hydroxyl groups is 1. The number of aliphatic hydroxyl groups excluding tert-OH is 1. The number of hydrogen-bond acceptors (Lipinski definition) is 6. The Morgan fingerprint density at radius 2 is 2.04 bits per heavy atom. The molecule has 0 aromatic heterocycles. The minimum atomic E-state index is -0.628. The van der Waals surface area contributed by atoms with Crippen molar-refractivity contribution in [3.05, 3.63) is 36.4 Å². The summed E-state index contributed by atoms with van der Waals surface area (Å²) in [6.07, 6.45) is 1.70. The van der Waals surface area contributed by atoms with E-state index < -0.39 is 6.10 Å². The maximum absolute atomic E-state index is 11.7. The van der Waals surface area contributed by atoms with Crippen LogP contribution in [0.25, 0.3) is 0 Å². The van der Waals surface area contributed by atoms with Crippen LogP contribution in [0.1, 0.15) is 12.5 Å². The van der Waals surface area contributed by atoms with E-state index in [1.807, 2.05) is 24.3 Å². The van der Waals surface area contributed by atoms with Crippen molar-refractivity contribution in [2.24, 2.45) is 0 Å². The van der Waals surface area contributed by atoms with Gasteiger partial charge >= 0.3 is 6.09 Å². The molecule has 27 heavy (non-hydrogen) atoms. The number of methoxy groups -OCH3 is 1. The van der Waals surface area contributed by atoms with Crippen LogP contribution in [0.5, 0.6) is 11.5 Å². The lowest BCUT2D eigenvalue weighted by Gasteiger charge is -2.34. The van der Waals surface area contributed by atoms with Crippen LogP contribution in [0.15, 0.2) is 30.9 Å². The monoisotopic (exact) mass is 378 g/mol. The summed E-state index contributed by atoms with van der Waals surface area (Å²) in [5.74, 6) is 1.25. The Morgan fingerprint density at radius 3 is 2.67 bits per heavy atom. The number of β-amino-alcohol motifs (C(OH)–C–C–N with tert-alkyl or cyclic N) is 1. The van der Waals surface area contributed by atoms with E-state index in [4.69, 9.17) is 14.2 Å². The Bertz CT molecular complexity index is 614. The van der Waals surface area contributed by atoms with Crippen LogP contribution in [-0.2, 0) is 11.2 Å². The minimum Gasteiger partial charge on any atom is -0.493 e. The Labute approximate surface area is 161 Å². The zero-order chi connectivity index (χ0) is 19.6. The van der Waals surface area contributed by atoms with Crippen LogP contribution < -0.4 is 9.47 Å². The van der Waals surface area contributed by atoms with Gasteiger partial charge in [-0.1, -0.05) is 12.1 Å². The average molecular weight is 378 g/mol. The molecule has 7 nitrogen and oxygen atoms in total. The molecule has 1 atom stereocenters. The van der Waals surface area contributed by atoms with Gasteiger partial charge in [0, 0.05) is 32.7 Å². The van der Waals surface area contributed by atoms with Crippen LogP contribution in [0, 0.1) is 0 Å². The van der Waals surface area contributed by atoms with Gasteiger partial charge in [0.1, 0.15) is 12.7 Å². The number of piperazine rings is 1. The standard InChI is InChI=1S/C20H30N2O5/c1-4-6-16-7-8-18(19(13-16)25-3)27-15-17(23)14-21-9-11-22(12-10-21)20(24)26-5-2/h4,7-8,13,17,23H,1,5-6,9-12,14-15H2,2-3H3/t17-/m0/s1. The van der Waals surface area contributed by atoms with E-state index >= 15 is 0 Å². The lowest BCUT2D eigenvalue weighted by Crippen LogP contribution is -2.51. The molecule has 1 fully saturated rings. The third kappa shape index (κ3) is 6.45. The predicted molar refractivity (Wildman–Crippen MR) is 103 cm³/mol. The number of benzene rings is 1. The molecule has 1 saturated heterocycles. The van der Waals surface area contributed by atoms with Gasteiger partial charge in [-0.15, -0.1) is 6.58 Å². The van der Waals surface area contributed by atoms with Crippen molar-refractivity contribution in [1.29, 1.82) is 0 Å². The van der Waals surface area contributed by atoms with Gasteiger partial charge in [-0.05, 0) is 31.0 Å². The molecule has 1 aliphatic heterocycles. The highest BCUT2D eigenvalue weighted by atomic mass is 16.6. The van der Waals surface area contributed by atoms with E-state index in [2.05, 4.69) is 11.5 Å². The SMILES string of the molecule is C=CCc1ccc(OC[C@@H](O)CN2CCN(C(=O)OCC)CC2)c(OC)c1. The highest BCUT2D eigenvalue weighted by molar-refractivity contribution is 5.67. The molecule has 0 radical (unpaired) electrons. The molecule has 1 aromatic rings. The Hall–Kier alpha value is -2.25. The molecule has 0 unspecified atom stereocenters. The second-order valence-electron chi connectivity index (χ2n) is 6.43. The molecule has 1 aliphatic rings. The molecular weight excluding hydrogens is 348 g/mol. The van der Waals surface area contributed by atoms with Gasteiger partial charge in [-0.25, -0.2) is 4.79 Å². The molecule has 0 spiro atoms. The van der Waals surface area contributed by atoms with E-state index in [1.165, 1.54) is 0 Å². The van der Waals surface area contributed by atoms with E-state index in [9.17, 15) is 9.90 Å². The van der Waals surface area contributed by atoms with Crippen molar-refractivity contribution in [2.75, 3.05) is 53.0 Å². The highest BCUT2D eigenvalue weighted by Gasteiger charge is 2.23. The Balaban J connectivity index is 1.77. The fourth-order valence-corrected chi connectivity index (χ4v) is 2.99. The first-order valence-corrected chi connectivity index (χ1v) is 9.30. The predicted octanol–water partition coefficient (Wildman–Crippen LogP) is 1.94. The number of carbonyl (C=O) groups excluding carboxylic acids is 1. The van der Waals surface area contributed by atoms with E-state index in [-0.39, 0.29) is 12.7 Å². The quantitative estimate of drug-likeness (QED) is 0.662. The molecule has 0 aliphatic carbocycles. The maximum Gasteiger partial charge on any atom is 0.409 e. The summed E-state index contributed by atoms with van der Waals surface area (Å²) in [5, 5.41) is 10.3. The molecule has 7 heteroatoms. The smallest absolute Gasteiger partial charge is 0.409 e. The average Bonchev–Trinajstić information content (AvgIpc) is 2.68. The molecule has 150 valence electrons. The van der Waals surface area contributed by atoms with Crippen LogP contribution in [0.3, 0.4) is 0 Å². The first kappa shape index (κ1) is 21.1. The number of hydrogen-bond donors (Lipinski definition) is 1. The summed E-state index contributed by atoms with van der Waals surface area (Å²) in [6, 6.07) is 5.72. The van der Waals surface area contributed by atoms with E-state index in [0.29, 0.717) is 50.8 Å². The van der Waals surface area contributed by atoms with Crippen LogP contribution in [-0.4, -0.2) is 80.2 Å². The molecule has 0 bridgehead atoms. The van der Waals surface area contributed by atoms with Crippen molar-refractivity contribution in [2.45, 2.75) is 19.4 Å². The van der Waals surface area contributed by atoms with Crippen molar-refractivity contribution in [3.8, 4) is 11.5 Å². The van der Waals surface area contributed by atoms with Crippen molar-refractivity contribution in [1.82, 2.24) is 9.80 Å². The van der Waals surface area contributed by atoms with Gasteiger partial charge in [0.2, 0.25) is 0 Å². The van der Waals surface area contributed by atoms with Gasteiger partial charge in [0.25, 0.3) is 0 Å². The fraction of sp³-hybridized carbons (Fsp3) is 0.550. The van der Waals surface area contributed by atoms with Gasteiger partial charge in [0.15, 0.2) is 11.5 Å². The molecule has 1 aromatic carbocycles. The topological polar surface area (TPSA) is 71.5 Å². The maximum atomic E-state index is 11.7. The number of allylic oxidation sites excluding steroid dienone is 1. The Kier molecular flexibility index (Phi) is 8.42. The summed E-state index contributed by atoms with van der Waals surface area (Å²) < 4.78 is 16.1. The molecular formula is C20H30N2O5. The Morgan fingerprint density at radius 1 is 1.30 bits per heavy atom. The summed E-state index contributed by atoms with van der Waals surface area (Å²) in [5.41, 5.74) is 1.09. The van der Waals surface area contributed by atoms with Crippen LogP contribution in [0.2, 0.25) is 0 Å². The largest absolute Gasteiger partial charge is 0.493 e. The zero-order valence-electron chi connectivity index (χ0n) is 16.2. The lowest BCUT2D eigenvalue weighted by molar-refractivity contribution is 0.0403. The number of amides is 1. The normalized spacial score (nSPS) is 15.9. The van der Waals surface area contributed by atoms with Crippen molar-refractivity contribution in [3.63, 3.8) is 0 Å². The molecule has 1 heterocycles. The summed E-state index contributed by atoms with van der Waals surface area (Å²) in [6.45, 7) is 9.20. The first-order chi connectivity index (χ1) is 13.1. The molecule has 2 rings (SSSR count). The number of rotatable bonds is 9. The number of nitrogens with zero attached hydrogens (tertiary/aromatic N) is 2. The summed E-state index contributed by atoms with van der Waals surface area (Å²) in [7, 11) is 1.60. The number of ether oxygens (including phenoxy) is 3. The van der Waals surface area contributed by atoms with Crippen LogP contribution >= 0.6 is 0 Å². The zero-order valence-corrected chi connectivity index (χ0v) is 16.2. The summed E-state index contributed by atoms with van der Waals surface area (Å²) >= 11 is 0. The van der Waals surface area contributed by atoms with Crippen molar-refractivity contribution < 1.29 is 24.1 Å². The second-order valence-corrected chi connectivity index (χ2v) is 6.43. The van der Waals surface area contributed by atoms with E-state index in [0.717, 1.165) is 12.0 Å².